The number of nitrogens with zero attached hydrogens (tertiary/aromatic N) is 3. The van der Waals surface area contributed by atoms with Crippen molar-refractivity contribution < 1.29 is 18.7 Å². The van der Waals surface area contributed by atoms with Crippen molar-refractivity contribution in [2.75, 3.05) is 0 Å². The maximum absolute atomic E-state index is 14.0. The van der Waals surface area contributed by atoms with Crippen molar-refractivity contribution in [3.8, 4) is 0 Å². The van der Waals surface area contributed by atoms with Gasteiger partial charge in [0.25, 0.3) is 0 Å². The maximum atomic E-state index is 14.0. The molecule has 0 unspecified atom stereocenters. The van der Waals surface area contributed by atoms with Gasteiger partial charge >= 0.3 is 0 Å². The summed E-state index contributed by atoms with van der Waals surface area (Å²) in [6, 6.07) is 2.64. The van der Waals surface area contributed by atoms with E-state index in [1.807, 2.05) is 0 Å². The molecule has 112 valence electrons. The molecule has 0 bridgehead atoms. The van der Waals surface area contributed by atoms with Gasteiger partial charge in [0.05, 0.1) is 12.5 Å². The van der Waals surface area contributed by atoms with Crippen molar-refractivity contribution in [1.82, 2.24) is 14.8 Å². The number of amides is 1. The van der Waals surface area contributed by atoms with Crippen LogP contribution in [0.1, 0.15) is 12.5 Å². The van der Waals surface area contributed by atoms with E-state index >= 15 is 0 Å². The number of nitrogens with two attached hydrogens (primary N) is 1. The largest absolute Gasteiger partial charge is 0.382 e. The molecule has 1 amide bonds. The van der Waals surface area contributed by atoms with E-state index in [0.29, 0.717) is 0 Å². The predicted molar refractivity (Wildman–Crippen MR) is 68.6 cm³/mol. The summed E-state index contributed by atoms with van der Waals surface area (Å²) >= 11 is 0. The lowest BCUT2D eigenvalue weighted by Gasteiger charge is -2.33. The number of primary amides is 1. The second-order valence-electron chi connectivity index (χ2n) is 4.77. The van der Waals surface area contributed by atoms with Crippen LogP contribution in [0.2, 0.25) is 0 Å². The lowest BCUT2D eigenvalue weighted by Crippen LogP contribution is -2.45. The van der Waals surface area contributed by atoms with E-state index in [2.05, 4.69) is 10.1 Å². The third-order valence-electron chi connectivity index (χ3n) is 3.41. The van der Waals surface area contributed by atoms with Crippen LogP contribution in [-0.4, -0.2) is 25.8 Å². The number of carbonyl (C=O) groups is 1. The van der Waals surface area contributed by atoms with E-state index < -0.39 is 29.1 Å². The van der Waals surface area contributed by atoms with Crippen molar-refractivity contribution in [1.29, 1.82) is 0 Å². The molecule has 3 N–H and O–H groups in total. The average Bonchev–Trinajstić information content (AvgIpc) is 2.93. The molecule has 1 aromatic heterocycles. The van der Waals surface area contributed by atoms with E-state index in [1.165, 1.54) is 24.3 Å². The van der Waals surface area contributed by atoms with Gasteiger partial charge in [-0.15, -0.1) is 0 Å². The summed E-state index contributed by atoms with van der Waals surface area (Å²) in [4.78, 5) is 15.1. The summed E-state index contributed by atoms with van der Waals surface area (Å²) in [5.41, 5.74) is 2.81. The number of carbonyl (C=O) groups excluding carboxylic acids is 1. The Morgan fingerprint density at radius 3 is 2.81 bits per heavy atom. The normalized spacial score (nSPS) is 15.4. The van der Waals surface area contributed by atoms with Gasteiger partial charge in [-0.1, -0.05) is 6.92 Å². The fraction of sp³-hybridized carbons (Fsp3) is 0.308. The van der Waals surface area contributed by atoms with Crippen molar-refractivity contribution in [2.24, 2.45) is 11.7 Å². The number of rotatable bonds is 5. The molecule has 1 heterocycles. The summed E-state index contributed by atoms with van der Waals surface area (Å²) < 4.78 is 28.6. The highest BCUT2D eigenvalue weighted by Gasteiger charge is 2.42. The molecule has 0 radical (unpaired) electrons. The Hall–Kier alpha value is -2.35. The fourth-order valence-electron chi connectivity index (χ4n) is 2.08. The summed E-state index contributed by atoms with van der Waals surface area (Å²) in [6.45, 7) is 1.04. The van der Waals surface area contributed by atoms with E-state index in [-0.39, 0.29) is 12.1 Å². The SMILES string of the molecule is C[C@H](C(N)=O)[C@](O)(Cn1cncn1)c1cc(F)ccc1F. The topological polar surface area (TPSA) is 94.0 Å². The standard InChI is InChI=1S/C13H14F2N4O2/c1-8(12(16)20)13(21,5-19-7-17-6-18-19)10-4-9(14)2-3-11(10)15/h2-4,6-8,21H,5H2,1H3,(H2,16,20)/t8-,13-/m1/s1. The average molecular weight is 296 g/mol. The molecule has 0 aliphatic heterocycles. The zero-order valence-electron chi connectivity index (χ0n) is 11.2. The van der Waals surface area contributed by atoms with E-state index in [1.54, 1.807) is 0 Å². The van der Waals surface area contributed by atoms with Crippen molar-refractivity contribution >= 4 is 5.91 Å². The van der Waals surface area contributed by atoms with Gasteiger partial charge in [-0.2, -0.15) is 5.10 Å². The van der Waals surface area contributed by atoms with Crippen LogP contribution < -0.4 is 5.73 Å². The second kappa shape index (κ2) is 5.57. The Kier molecular flexibility index (Phi) is 3.99. The van der Waals surface area contributed by atoms with Gasteiger partial charge < -0.3 is 10.8 Å². The first-order valence-corrected chi connectivity index (χ1v) is 6.14. The van der Waals surface area contributed by atoms with Gasteiger partial charge in [-0.25, -0.2) is 18.4 Å². The van der Waals surface area contributed by atoms with E-state index in [4.69, 9.17) is 5.73 Å². The van der Waals surface area contributed by atoms with Crippen LogP contribution in [0.4, 0.5) is 8.78 Å². The van der Waals surface area contributed by atoms with Gasteiger partial charge in [0.1, 0.15) is 29.9 Å². The second-order valence-corrected chi connectivity index (χ2v) is 4.77. The Morgan fingerprint density at radius 1 is 1.52 bits per heavy atom. The molecule has 0 saturated heterocycles. The molecule has 6 nitrogen and oxygen atoms in total. The van der Waals surface area contributed by atoms with Crippen LogP contribution >= 0.6 is 0 Å². The first-order chi connectivity index (χ1) is 9.84. The highest BCUT2D eigenvalue weighted by atomic mass is 19.1. The molecule has 21 heavy (non-hydrogen) atoms. The van der Waals surface area contributed by atoms with Crippen LogP contribution in [0.5, 0.6) is 0 Å². The number of halogens is 2. The molecule has 8 heteroatoms. The lowest BCUT2D eigenvalue weighted by molar-refractivity contribution is -0.133. The lowest BCUT2D eigenvalue weighted by atomic mass is 9.81. The summed E-state index contributed by atoms with van der Waals surface area (Å²) in [7, 11) is 0. The third-order valence-corrected chi connectivity index (χ3v) is 3.41. The minimum Gasteiger partial charge on any atom is -0.382 e. The maximum Gasteiger partial charge on any atom is 0.223 e. The van der Waals surface area contributed by atoms with Gasteiger partial charge in [0.15, 0.2) is 0 Å². The van der Waals surface area contributed by atoms with Crippen LogP contribution in [0.15, 0.2) is 30.9 Å². The minimum absolute atomic E-state index is 0.294. The predicted octanol–water partition coefficient (Wildman–Crippen LogP) is 0.565. The minimum atomic E-state index is -2.05. The number of aliphatic hydroxyl groups is 1. The van der Waals surface area contributed by atoms with Crippen molar-refractivity contribution in [2.45, 2.75) is 19.1 Å². The quantitative estimate of drug-likeness (QED) is 0.843. The monoisotopic (exact) mass is 296 g/mol. The molecule has 1 aromatic carbocycles. The summed E-state index contributed by atoms with van der Waals surface area (Å²) in [5.74, 6) is -3.59. The Balaban J connectivity index is 2.54. The molecule has 0 fully saturated rings. The van der Waals surface area contributed by atoms with Crippen LogP contribution in [0.25, 0.3) is 0 Å². The van der Waals surface area contributed by atoms with Gasteiger partial charge in [0.2, 0.25) is 5.91 Å². The zero-order valence-corrected chi connectivity index (χ0v) is 11.2. The molecule has 0 saturated carbocycles. The van der Waals surface area contributed by atoms with Crippen molar-refractivity contribution in [3.63, 3.8) is 0 Å². The molecular formula is C13H14F2N4O2. The first kappa shape index (κ1) is 15.0. The number of benzene rings is 1. The number of hydrogen-bond donors (Lipinski definition) is 2. The molecule has 0 aliphatic rings. The zero-order chi connectivity index (χ0) is 15.6. The van der Waals surface area contributed by atoms with Crippen molar-refractivity contribution in [3.05, 3.63) is 48.1 Å². The van der Waals surface area contributed by atoms with Crippen LogP contribution in [-0.2, 0) is 16.9 Å². The number of aromatic nitrogens is 3. The van der Waals surface area contributed by atoms with Gasteiger partial charge in [-0.05, 0) is 18.2 Å². The Bertz CT molecular complexity index is 648. The molecule has 0 spiro atoms. The molecule has 2 aromatic rings. The smallest absolute Gasteiger partial charge is 0.223 e. The van der Waals surface area contributed by atoms with Gasteiger partial charge in [0, 0.05) is 5.56 Å². The Morgan fingerprint density at radius 2 is 2.24 bits per heavy atom. The summed E-state index contributed by atoms with van der Waals surface area (Å²) in [6.07, 6.45) is 2.51. The number of hydrogen-bond acceptors (Lipinski definition) is 4. The summed E-state index contributed by atoms with van der Waals surface area (Å²) in [5, 5.41) is 14.6. The van der Waals surface area contributed by atoms with Crippen LogP contribution in [0, 0.1) is 17.6 Å². The molecule has 0 aliphatic carbocycles. The van der Waals surface area contributed by atoms with E-state index in [9.17, 15) is 18.7 Å². The molecular weight excluding hydrogens is 282 g/mol. The van der Waals surface area contributed by atoms with E-state index in [0.717, 1.165) is 18.2 Å². The third kappa shape index (κ3) is 2.89. The Labute approximate surface area is 119 Å². The highest BCUT2D eigenvalue weighted by Crippen LogP contribution is 2.33. The first-order valence-electron chi connectivity index (χ1n) is 6.14. The molecule has 2 rings (SSSR count). The fourth-order valence-corrected chi connectivity index (χ4v) is 2.08. The molecule has 2 atom stereocenters. The van der Waals surface area contributed by atoms with Gasteiger partial charge in [-0.3, -0.25) is 4.79 Å². The highest BCUT2D eigenvalue weighted by molar-refractivity contribution is 5.77. The van der Waals surface area contributed by atoms with Crippen LogP contribution in [0.3, 0.4) is 0 Å².